The van der Waals surface area contributed by atoms with Crippen LogP contribution in [0, 0.1) is 18.6 Å². The minimum atomic E-state index is -1.23. The van der Waals surface area contributed by atoms with Gasteiger partial charge in [0.25, 0.3) is 11.8 Å². The lowest BCUT2D eigenvalue weighted by molar-refractivity contribution is -0.119. The van der Waals surface area contributed by atoms with Crippen molar-refractivity contribution < 1.29 is 28.3 Å². The molecule has 10 heteroatoms. The van der Waals surface area contributed by atoms with Gasteiger partial charge in [0.1, 0.15) is 11.6 Å². The van der Waals surface area contributed by atoms with Gasteiger partial charge < -0.3 is 26.4 Å². The molecule has 0 heterocycles. The van der Waals surface area contributed by atoms with Crippen molar-refractivity contribution in [1.82, 2.24) is 15.5 Å². The first-order valence-corrected chi connectivity index (χ1v) is 12.8. The maximum atomic E-state index is 13.8. The van der Waals surface area contributed by atoms with Crippen LogP contribution >= 0.6 is 0 Å². The molecule has 3 unspecified atom stereocenters. The molecule has 5 N–H and O–H groups in total. The SMILES string of the molecule is CCCN(CCC)C(=O)c1cc(C)cc(C(=O)NC(Cc2cc(F)cc(F)c2)C(O)CNC(C)C(N)=O)c1. The van der Waals surface area contributed by atoms with E-state index in [2.05, 4.69) is 10.6 Å². The predicted octanol–water partition coefficient (Wildman–Crippen LogP) is 2.70. The fourth-order valence-electron chi connectivity index (χ4n) is 4.13. The molecule has 0 aliphatic rings. The van der Waals surface area contributed by atoms with Gasteiger partial charge in [0.2, 0.25) is 5.91 Å². The molecule has 2 aromatic carbocycles. The molecular formula is C28H38F2N4O4. The molecule has 0 aliphatic carbocycles. The second-order valence-electron chi connectivity index (χ2n) is 9.54. The summed E-state index contributed by atoms with van der Waals surface area (Å²) in [5, 5.41) is 16.4. The third-order valence-corrected chi connectivity index (χ3v) is 6.08. The van der Waals surface area contributed by atoms with Crippen molar-refractivity contribution in [2.45, 2.75) is 65.1 Å². The lowest BCUT2D eigenvalue weighted by Crippen LogP contribution is -2.51. The smallest absolute Gasteiger partial charge is 0.253 e. The minimum absolute atomic E-state index is 0.0907. The minimum Gasteiger partial charge on any atom is -0.390 e. The number of aryl methyl sites for hydroxylation is 1. The van der Waals surface area contributed by atoms with Gasteiger partial charge in [-0.2, -0.15) is 0 Å². The zero-order chi connectivity index (χ0) is 28.4. The van der Waals surface area contributed by atoms with Crippen LogP contribution in [0.3, 0.4) is 0 Å². The average Bonchev–Trinajstić information content (AvgIpc) is 2.84. The van der Waals surface area contributed by atoms with E-state index in [0.717, 1.165) is 31.0 Å². The van der Waals surface area contributed by atoms with Crippen LogP contribution < -0.4 is 16.4 Å². The molecule has 3 atom stereocenters. The molecular weight excluding hydrogens is 494 g/mol. The van der Waals surface area contributed by atoms with Crippen molar-refractivity contribution in [3.8, 4) is 0 Å². The van der Waals surface area contributed by atoms with Crippen molar-refractivity contribution >= 4 is 17.7 Å². The second kappa shape index (κ2) is 14.5. The lowest BCUT2D eigenvalue weighted by atomic mass is 9.99. The van der Waals surface area contributed by atoms with Gasteiger partial charge in [-0.1, -0.05) is 13.8 Å². The van der Waals surface area contributed by atoms with Crippen LogP contribution in [0.15, 0.2) is 36.4 Å². The number of amides is 3. The first-order valence-electron chi connectivity index (χ1n) is 12.8. The van der Waals surface area contributed by atoms with E-state index in [9.17, 15) is 28.3 Å². The molecule has 3 amide bonds. The normalized spacial score (nSPS) is 13.4. The fourth-order valence-corrected chi connectivity index (χ4v) is 4.13. The summed E-state index contributed by atoms with van der Waals surface area (Å²) in [6, 6.07) is 6.09. The number of halogens is 2. The third kappa shape index (κ3) is 9.18. The van der Waals surface area contributed by atoms with E-state index in [4.69, 9.17) is 5.73 Å². The summed E-state index contributed by atoms with van der Waals surface area (Å²) in [6.07, 6.45) is 0.274. The van der Waals surface area contributed by atoms with E-state index < -0.39 is 41.6 Å². The highest BCUT2D eigenvalue weighted by Gasteiger charge is 2.25. The number of rotatable bonds is 14. The van der Waals surface area contributed by atoms with Gasteiger partial charge in [-0.05, 0) is 74.6 Å². The van der Waals surface area contributed by atoms with Gasteiger partial charge in [0.15, 0.2) is 0 Å². The average molecular weight is 533 g/mol. The number of carbonyl (C=O) groups excluding carboxylic acids is 3. The molecule has 0 bridgehead atoms. The molecule has 0 aromatic heterocycles. The Bertz CT molecular complexity index is 1100. The first-order chi connectivity index (χ1) is 17.9. The van der Waals surface area contributed by atoms with Crippen LogP contribution in [0.4, 0.5) is 8.78 Å². The predicted molar refractivity (Wildman–Crippen MR) is 142 cm³/mol. The number of aliphatic hydroxyl groups is 1. The quantitative estimate of drug-likeness (QED) is 0.298. The number of benzene rings is 2. The Labute approximate surface area is 222 Å². The van der Waals surface area contributed by atoms with E-state index in [1.165, 1.54) is 13.0 Å². The summed E-state index contributed by atoms with van der Waals surface area (Å²) < 4.78 is 27.6. The van der Waals surface area contributed by atoms with Crippen LogP contribution in [-0.2, 0) is 11.2 Å². The van der Waals surface area contributed by atoms with Crippen LogP contribution in [0.1, 0.15) is 65.5 Å². The third-order valence-electron chi connectivity index (χ3n) is 6.08. The van der Waals surface area contributed by atoms with Crippen molar-refractivity contribution in [3.63, 3.8) is 0 Å². The van der Waals surface area contributed by atoms with Crippen LogP contribution in [-0.4, -0.2) is 65.5 Å². The van der Waals surface area contributed by atoms with Gasteiger partial charge in [0, 0.05) is 36.8 Å². The second-order valence-corrected chi connectivity index (χ2v) is 9.54. The van der Waals surface area contributed by atoms with Crippen LogP contribution in [0.5, 0.6) is 0 Å². The Morgan fingerprint density at radius 1 is 0.974 bits per heavy atom. The molecule has 0 radical (unpaired) electrons. The van der Waals surface area contributed by atoms with Gasteiger partial charge >= 0.3 is 0 Å². The molecule has 0 saturated heterocycles. The summed E-state index contributed by atoms with van der Waals surface area (Å²) in [7, 11) is 0. The van der Waals surface area contributed by atoms with Gasteiger partial charge in [-0.15, -0.1) is 0 Å². The number of hydrogen-bond donors (Lipinski definition) is 4. The van der Waals surface area contributed by atoms with Gasteiger partial charge in [-0.25, -0.2) is 8.78 Å². The van der Waals surface area contributed by atoms with Crippen molar-refractivity contribution in [2.24, 2.45) is 5.73 Å². The molecule has 0 saturated carbocycles. The standard InChI is InChI=1S/C28H38F2N4O4/c1-5-7-34(8-6-2)28(38)21-10-17(3)9-20(14-21)27(37)33-24(25(35)16-32-18(4)26(31)36)13-19-11-22(29)15-23(30)12-19/h9-12,14-15,18,24-25,32,35H,5-8,13,16H2,1-4H3,(H2,31,36)(H,33,37). The summed E-state index contributed by atoms with van der Waals surface area (Å²) in [4.78, 5) is 39.5. The summed E-state index contributed by atoms with van der Waals surface area (Å²) in [6.45, 7) is 8.34. The van der Waals surface area contributed by atoms with Crippen molar-refractivity contribution in [3.05, 3.63) is 70.3 Å². The zero-order valence-electron chi connectivity index (χ0n) is 22.4. The Balaban J connectivity index is 2.32. The lowest BCUT2D eigenvalue weighted by Gasteiger charge is -2.26. The summed E-state index contributed by atoms with van der Waals surface area (Å²) in [5.74, 6) is -2.94. The number of nitrogens with zero attached hydrogens (tertiary/aromatic N) is 1. The topological polar surface area (TPSA) is 125 Å². The molecule has 0 spiro atoms. The number of hydrogen-bond acceptors (Lipinski definition) is 5. The van der Waals surface area contributed by atoms with E-state index in [-0.39, 0.29) is 30.0 Å². The molecule has 208 valence electrons. The number of nitrogens with two attached hydrogens (primary N) is 1. The molecule has 0 fully saturated rings. The maximum Gasteiger partial charge on any atom is 0.253 e. The highest BCUT2D eigenvalue weighted by Crippen LogP contribution is 2.16. The molecule has 0 aliphatic heterocycles. The van der Waals surface area contributed by atoms with Crippen molar-refractivity contribution in [1.29, 1.82) is 0 Å². The zero-order valence-corrected chi connectivity index (χ0v) is 22.4. The summed E-state index contributed by atoms with van der Waals surface area (Å²) in [5.41, 5.74) is 6.77. The molecule has 2 rings (SSSR count). The Morgan fingerprint density at radius 3 is 2.11 bits per heavy atom. The molecule has 38 heavy (non-hydrogen) atoms. The van der Waals surface area contributed by atoms with Crippen molar-refractivity contribution in [2.75, 3.05) is 19.6 Å². The maximum absolute atomic E-state index is 13.8. The van der Waals surface area contributed by atoms with E-state index >= 15 is 0 Å². The summed E-state index contributed by atoms with van der Waals surface area (Å²) >= 11 is 0. The number of primary amides is 1. The fraction of sp³-hybridized carbons (Fsp3) is 0.464. The number of aliphatic hydroxyl groups excluding tert-OH is 1. The van der Waals surface area contributed by atoms with Crippen LogP contribution in [0.25, 0.3) is 0 Å². The Hall–Kier alpha value is -3.37. The number of nitrogens with one attached hydrogen (secondary N) is 2. The Morgan fingerprint density at radius 2 is 1.55 bits per heavy atom. The van der Waals surface area contributed by atoms with E-state index in [0.29, 0.717) is 24.2 Å². The van der Waals surface area contributed by atoms with Crippen LogP contribution in [0.2, 0.25) is 0 Å². The monoisotopic (exact) mass is 532 g/mol. The molecule has 2 aromatic rings. The number of carbonyl (C=O) groups is 3. The Kier molecular flexibility index (Phi) is 11.8. The van der Waals surface area contributed by atoms with Gasteiger partial charge in [-0.3, -0.25) is 14.4 Å². The highest BCUT2D eigenvalue weighted by atomic mass is 19.1. The first kappa shape index (κ1) is 30.9. The highest BCUT2D eigenvalue weighted by molar-refractivity contribution is 6.00. The largest absolute Gasteiger partial charge is 0.390 e. The van der Waals surface area contributed by atoms with E-state index in [1.54, 1.807) is 24.0 Å². The van der Waals surface area contributed by atoms with Gasteiger partial charge in [0.05, 0.1) is 18.2 Å². The molecule has 8 nitrogen and oxygen atoms in total. The van der Waals surface area contributed by atoms with E-state index in [1.807, 2.05) is 13.8 Å².